The van der Waals surface area contributed by atoms with Crippen LogP contribution in [0.3, 0.4) is 0 Å². The van der Waals surface area contributed by atoms with Crippen molar-refractivity contribution in [3.8, 4) is 0 Å². The fourth-order valence-electron chi connectivity index (χ4n) is 2.18. The van der Waals surface area contributed by atoms with Crippen LogP contribution in [0.2, 0.25) is 0 Å². The fraction of sp³-hybridized carbons (Fsp3) is 0.600. The van der Waals surface area contributed by atoms with Gasteiger partial charge in [-0.25, -0.2) is 0 Å². The Kier molecular flexibility index (Phi) is 7.12. The van der Waals surface area contributed by atoms with Gasteiger partial charge < -0.3 is 5.32 Å². The van der Waals surface area contributed by atoms with E-state index < -0.39 is 0 Å². The predicted octanol–water partition coefficient (Wildman–Crippen LogP) is 4.25. The number of rotatable bonds is 7. The lowest BCUT2D eigenvalue weighted by atomic mass is 9.95. The van der Waals surface area contributed by atoms with E-state index in [2.05, 4.69) is 72.9 Å². The molecule has 2 atom stereocenters. The fourth-order valence-corrected chi connectivity index (χ4v) is 2.54. The van der Waals surface area contributed by atoms with Gasteiger partial charge in [-0.1, -0.05) is 26.0 Å². The Morgan fingerprint density at radius 2 is 1.82 bits per heavy atom. The lowest BCUT2D eigenvalue weighted by molar-refractivity contribution is 0.420. The van der Waals surface area contributed by atoms with Crippen molar-refractivity contribution in [2.24, 2.45) is 5.92 Å². The van der Waals surface area contributed by atoms with Gasteiger partial charge in [0.05, 0.1) is 0 Å². The molecule has 17 heavy (non-hydrogen) atoms. The monoisotopic (exact) mass is 345 g/mol. The second-order valence-electron chi connectivity index (χ2n) is 5.03. The highest BCUT2D eigenvalue weighted by molar-refractivity contribution is 14.1. The highest BCUT2D eigenvalue weighted by Gasteiger charge is 2.08. The van der Waals surface area contributed by atoms with E-state index in [4.69, 9.17) is 0 Å². The number of halogens is 1. The Morgan fingerprint density at radius 3 is 2.41 bits per heavy atom. The molecule has 0 amide bonds. The highest BCUT2D eigenvalue weighted by atomic mass is 127. The number of benzene rings is 1. The van der Waals surface area contributed by atoms with Crippen LogP contribution in [0.1, 0.15) is 39.2 Å². The van der Waals surface area contributed by atoms with Gasteiger partial charge >= 0.3 is 0 Å². The molecule has 0 spiro atoms. The van der Waals surface area contributed by atoms with E-state index in [1.54, 1.807) is 0 Å². The van der Waals surface area contributed by atoms with Crippen molar-refractivity contribution in [2.45, 2.75) is 46.1 Å². The molecular weight excluding hydrogens is 321 g/mol. The zero-order valence-electron chi connectivity index (χ0n) is 11.2. The lowest BCUT2D eigenvalue weighted by Crippen LogP contribution is -2.28. The van der Waals surface area contributed by atoms with Crippen LogP contribution in [0.4, 0.5) is 0 Å². The van der Waals surface area contributed by atoms with Crippen LogP contribution < -0.4 is 5.32 Å². The van der Waals surface area contributed by atoms with Gasteiger partial charge in [0.25, 0.3) is 0 Å². The average molecular weight is 345 g/mol. The predicted molar refractivity (Wildman–Crippen MR) is 84.4 cm³/mol. The second-order valence-corrected chi connectivity index (χ2v) is 6.27. The summed E-state index contributed by atoms with van der Waals surface area (Å²) >= 11 is 2.36. The summed E-state index contributed by atoms with van der Waals surface area (Å²) in [4.78, 5) is 0. The first kappa shape index (κ1) is 15.0. The van der Waals surface area contributed by atoms with Crippen molar-refractivity contribution < 1.29 is 0 Å². The highest BCUT2D eigenvalue weighted by Crippen LogP contribution is 2.15. The third-order valence-corrected chi connectivity index (χ3v) is 3.72. The van der Waals surface area contributed by atoms with Crippen LogP contribution in [-0.2, 0) is 6.42 Å². The maximum Gasteiger partial charge on any atom is 0.0130 e. The molecule has 1 aromatic rings. The summed E-state index contributed by atoms with van der Waals surface area (Å²) in [6.07, 6.45) is 3.66. The minimum Gasteiger partial charge on any atom is -0.314 e. The van der Waals surface area contributed by atoms with Gasteiger partial charge in [0.2, 0.25) is 0 Å². The first-order chi connectivity index (χ1) is 8.11. The Bertz CT molecular complexity index is 307. The smallest absolute Gasteiger partial charge is 0.0130 e. The van der Waals surface area contributed by atoms with Crippen molar-refractivity contribution in [1.29, 1.82) is 0 Å². The van der Waals surface area contributed by atoms with E-state index >= 15 is 0 Å². The molecule has 0 bridgehead atoms. The van der Waals surface area contributed by atoms with Crippen molar-refractivity contribution in [3.63, 3.8) is 0 Å². The molecule has 0 radical (unpaired) electrons. The molecule has 0 saturated heterocycles. The van der Waals surface area contributed by atoms with Gasteiger partial charge in [0.15, 0.2) is 0 Å². The molecule has 96 valence electrons. The van der Waals surface area contributed by atoms with Crippen molar-refractivity contribution in [2.75, 3.05) is 6.54 Å². The maximum absolute atomic E-state index is 3.56. The Hall–Kier alpha value is -0.0900. The summed E-state index contributed by atoms with van der Waals surface area (Å²) in [5.41, 5.74) is 1.46. The Labute approximate surface area is 120 Å². The number of hydrogen-bond donors (Lipinski definition) is 1. The van der Waals surface area contributed by atoms with Crippen LogP contribution in [0.25, 0.3) is 0 Å². The van der Waals surface area contributed by atoms with Crippen LogP contribution in [0.15, 0.2) is 24.3 Å². The normalized spacial score (nSPS) is 14.6. The summed E-state index contributed by atoms with van der Waals surface area (Å²) in [5.74, 6) is 0.745. The zero-order valence-corrected chi connectivity index (χ0v) is 13.3. The van der Waals surface area contributed by atoms with Crippen molar-refractivity contribution in [3.05, 3.63) is 33.4 Å². The summed E-state index contributed by atoms with van der Waals surface area (Å²) in [5, 5.41) is 3.56. The van der Waals surface area contributed by atoms with E-state index in [1.165, 1.54) is 28.4 Å². The van der Waals surface area contributed by atoms with Gasteiger partial charge in [-0.15, -0.1) is 0 Å². The molecule has 0 aliphatic carbocycles. The molecule has 0 heterocycles. The minimum absolute atomic E-state index is 0.633. The SMILES string of the molecule is CCCNC(C)CC(C)Cc1ccc(I)cc1. The molecule has 1 rings (SSSR count). The molecule has 1 aromatic carbocycles. The van der Waals surface area contributed by atoms with Gasteiger partial charge in [0.1, 0.15) is 0 Å². The molecule has 0 aliphatic rings. The topological polar surface area (TPSA) is 12.0 Å². The molecule has 1 nitrogen and oxygen atoms in total. The van der Waals surface area contributed by atoms with Gasteiger partial charge in [-0.2, -0.15) is 0 Å². The van der Waals surface area contributed by atoms with Crippen molar-refractivity contribution >= 4 is 22.6 Å². The van der Waals surface area contributed by atoms with E-state index in [0.29, 0.717) is 6.04 Å². The van der Waals surface area contributed by atoms with Gasteiger partial charge in [0, 0.05) is 9.61 Å². The van der Waals surface area contributed by atoms with Crippen LogP contribution in [0.5, 0.6) is 0 Å². The number of hydrogen-bond acceptors (Lipinski definition) is 1. The van der Waals surface area contributed by atoms with E-state index in [0.717, 1.165) is 12.5 Å². The third-order valence-electron chi connectivity index (χ3n) is 3.00. The minimum atomic E-state index is 0.633. The second kappa shape index (κ2) is 8.09. The molecule has 0 aliphatic heterocycles. The lowest BCUT2D eigenvalue weighted by Gasteiger charge is -2.18. The van der Waals surface area contributed by atoms with Gasteiger partial charge in [-0.3, -0.25) is 0 Å². The number of nitrogens with one attached hydrogen (secondary N) is 1. The van der Waals surface area contributed by atoms with E-state index in [1.807, 2.05) is 0 Å². The first-order valence-electron chi connectivity index (χ1n) is 6.59. The summed E-state index contributed by atoms with van der Waals surface area (Å²) in [6, 6.07) is 9.53. The van der Waals surface area contributed by atoms with Crippen LogP contribution >= 0.6 is 22.6 Å². The molecule has 0 aromatic heterocycles. The Morgan fingerprint density at radius 1 is 1.18 bits per heavy atom. The van der Waals surface area contributed by atoms with Crippen LogP contribution in [0, 0.1) is 9.49 Å². The zero-order chi connectivity index (χ0) is 12.7. The largest absolute Gasteiger partial charge is 0.314 e. The molecule has 2 unspecified atom stereocenters. The van der Waals surface area contributed by atoms with E-state index in [-0.39, 0.29) is 0 Å². The standard InChI is InChI=1S/C15H24IN/c1-4-9-17-13(3)10-12(2)11-14-5-7-15(16)8-6-14/h5-8,12-13,17H,4,9-11H2,1-3H3. The van der Waals surface area contributed by atoms with E-state index in [9.17, 15) is 0 Å². The maximum atomic E-state index is 3.56. The first-order valence-corrected chi connectivity index (χ1v) is 7.67. The summed E-state index contributed by atoms with van der Waals surface area (Å²) < 4.78 is 1.32. The van der Waals surface area contributed by atoms with Crippen LogP contribution in [-0.4, -0.2) is 12.6 Å². The molecule has 1 N–H and O–H groups in total. The average Bonchev–Trinajstić information content (AvgIpc) is 2.29. The van der Waals surface area contributed by atoms with Gasteiger partial charge in [-0.05, 0) is 78.9 Å². The molecule has 2 heteroatoms. The summed E-state index contributed by atoms with van der Waals surface area (Å²) in [6.45, 7) is 7.99. The molecular formula is C15H24IN. The van der Waals surface area contributed by atoms with Crippen molar-refractivity contribution in [1.82, 2.24) is 5.32 Å². The summed E-state index contributed by atoms with van der Waals surface area (Å²) in [7, 11) is 0. The third kappa shape index (κ3) is 6.41. The quantitative estimate of drug-likeness (QED) is 0.729. The Balaban J connectivity index is 2.33. The molecule has 0 saturated carbocycles. The molecule has 0 fully saturated rings.